The zero-order valence-electron chi connectivity index (χ0n) is 9.90. The van der Waals surface area contributed by atoms with Gasteiger partial charge in [-0.25, -0.2) is 4.39 Å². The first-order chi connectivity index (χ1) is 7.21. The van der Waals surface area contributed by atoms with Crippen molar-refractivity contribution in [1.82, 2.24) is 5.32 Å². The van der Waals surface area contributed by atoms with Gasteiger partial charge in [-0.05, 0) is 45.1 Å². The third-order valence-electron chi connectivity index (χ3n) is 4.40. The van der Waals surface area contributed by atoms with Crippen LogP contribution in [0.1, 0.15) is 58.3 Å². The van der Waals surface area contributed by atoms with Gasteiger partial charge < -0.3 is 5.32 Å². The lowest BCUT2D eigenvalue weighted by atomic mass is 9.73. The summed E-state index contributed by atoms with van der Waals surface area (Å²) >= 11 is 0. The predicted molar refractivity (Wildman–Crippen MR) is 61.7 cm³/mol. The summed E-state index contributed by atoms with van der Waals surface area (Å²) in [6, 6.07) is 0.120. The molecule has 2 rings (SSSR count). The van der Waals surface area contributed by atoms with Gasteiger partial charge in [0.15, 0.2) is 0 Å². The van der Waals surface area contributed by atoms with E-state index in [1.165, 1.54) is 32.1 Å². The van der Waals surface area contributed by atoms with Crippen molar-refractivity contribution in [3.8, 4) is 0 Å². The van der Waals surface area contributed by atoms with Crippen molar-refractivity contribution in [2.75, 3.05) is 6.54 Å². The maximum atomic E-state index is 14.8. The van der Waals surface area contributed by atoms with Crippen LogP contribution in [0.2, 0.25) is 0 Å². The van der Waals surface area contributed by atoms with Gasteiger partial charge >= 0.3 is 0 Å². The van der Waals surface area contributed by atoms with Gasteiger partial charge in [-0.1, -0.05) is 25.7 Å². The Morgan fingerprint density at radius 2 is 1.67 bits per heavy atom. The Kier molecular flexibility index (Phi) is 3.65. The summed E-state index contributed by atoms with van der Waals surface area (Å²) < 4.78 is 14.8. The van der Waals surface area contributed by atoms with Crippen LogP contribution in [-0.2, 0) is 0 Å². The number of alkyl halides is 1. The molecular formula is C13H24FN. The average Bonchev–Trinajstić information content (AvgIpc) is 2.31. The minimum absolute atomic E-state index is 0.120. The highest BCUT2D eigenvalue weighted by atomic mass is 19.1. The second-order valence-electron chi connectivity index (χ2n) is 5.49. The molecule has 1 saturated heterocycles. The van der Waals surface area contributed by atoms with Crippen LogP contribution in [0, 0.1) is 5.92 Å². The van der Waals surface area contributed by atoms with E-state index in [1.54, 1.807) is 0 Å². The smallest absolute Gasteiger partial charge is 0.126 e. The highest BCUT2D eigenvalue weighted by Crippen LogP contribution is 2.39. The molecule has 15 heavy (non-hydrogen) atoms. The van der Waals surface area contributed by atoms with E-state index < -0.39 is 5.67 Å². The van der Waals surface area contributed by atoms with Gasteiger partial charge in [-0.2, -0.15) is 0 Å². The Labute approximate surface area is 92.8 Å². The van der Waals surface area contributed by atoms with Gasteiger partial charge in [-0.3, -0.25) is 0 Å². The standard InChI is InChI=1S/C13H24FN/c1-13(14,11-7-3-2-4-8-11)12-9-5-6-10-15-12/h11-12,15H,2-10H2,1H3. The number of halogens is 1. The largest absolute Gasteiger partial charge is 0.311 e. The van der Waals surface area contributed by atoms with Gasteiger partial charge in [0.05, 0.1) is 0 Å². The molecule has 0 amide bonds. The summed E-state index contributed by atoms with van der Waals surface area (Å²) in [6.07, 6.45) is 9.43. The highest BCUT2D eigenvalue weighted by molar-refractivity contribution is 4.96. The van der Waals surface area contributed by atoms with E-state index in [2.05, 4.69) is 5.32 Å². The molecule has 2 atom stereocenters. The normalized spacial score (nSPS) is 33.6. The minimum atomic E-state index is -0.971. The van der Waals surface area contributed by atoms with Crippen LogP contribution in [-0.4, -0.2) is 18.3 Å². The number of hydrogen-bond donors (Lipinski definition) is 1. The molecular weight excluding hydrogens is 189 g/mol. The fourth-order valence-electron chi connectivity index (χ4n) is 3.29. The van der Waals surface area contributed by atoms with E-state index in [-0.39, 0.29) is 6.04 Å². The molecule has 1 nitrogen and oxygen atoms in total. The van der Waals surface area contributed by atoms with Crippen LogP contribution in [0.25, 0.3) is 0 Å². The summed E-state index contributed by atoms with van der Waals surface area (Å²) in [5.41, 5.74) is -0.971. The average molecular weight is 213 g/mol. The van der Waals surface area contributed by atoms with E-state index >= 15 is 0 Å². The first kappa shape index (κ1) is 11.4. The van der Waals surface area contributed by atoms with Crippen LogP contribution < -0.4 is 5.32 Å². The van der Waals surface area contributed by atoms with E-state index in [0.717, 1.165) is 25.8 Å². The summed E-state index contributed by atoms with van der Waals surface area (Å²) in [4.78, 5) is 0. The Morgan fingerprint density at radius 1 is 1.00 bits per heavy atom. The van der Waals surface area contributed by atoms with E-state index in [1.807, 2.05) is 6.92 Å². The minimum Gasteiger partial charge on any atom is -0.311 e. The number of piperidine rings is 1. The molecule has 0 radical (unpaired) electrons. The lowest BCUT2D eigenvalue weighted by Gasteiger charge is -2.41. The molecule has 0 aromatic carbocycles. The zero-order chi connectivity index (χ0) is 10.7. The van der Waals surface area contributed by atoms with Crippen LogP contribution >= 0.6 is 0 Å². The SMILES string of the molecule is CC(F)(C1CCCCC1)C1CCCCN1. The molecule has 2 unspecified atom stereocenters. The fraction of sp³-hybridized carbons (Fsp3) is 1.00. The molecule has 2 fully saturated rings. The Hall–Kier alpha value is -0.110. The predicted octanol–water partition coefficient (Wildman–Crippen LogP) is 3.44. The van der Waals surface area contributed by atoms with Crippen molar-refractivity contribution in [1.29, 1.82) is 0 Å². The first-order valence-corrected chi connectivity index (χ1v) is 6.63. The van der Waals surface area contributed by atoms with Crippen molar-refractivity contribution >= 4 is 0 Å². The molecule has 0 aromatic heterocycles. The topological polar surface area (TPSA) is 12.0 Å². The van der Waals surface area contributed by atoms with Gasteiger partial charge in [0.2, 0.25) is 0 Å². The van der Waals surface area contributed by atoms with Crippen LogP contribution in [0.15, 0.2) is 0 Å². The second kappa shape index (κ2) is 4.82. The molecule has 88 valence electrons. The van der Waals surface area contributed by atoms with E-state index in [9.17, 15) is 4.39 Å². The van der Waals surface area contributed by atoms with Crippen LogP contribution in [0.3, 0.4) is 0 Å². The van der Waals surface area contributed by atoms with Crippen molar-refractivity contribution < 1.29 is 4.39 Å². The molecule has 1 saturated carbocycles. The van der Waals surface area contributed by atoms with Crippen molar-refractivity contribution in [3.05, 3.63) is 0 Å². The van der Waals surface area contributed by atoms with Gasteiger partial charge in [0, 0.05) is 6.04 Å². The fourth-order valence-corrected chi connectivity index (χ4v) is 3.29. The maximum Gasteiger partial charge on any atom is 0.126 e. The Bertz CT molecular complexity index is 171. The highest BCUT2D eigenvalue weighted by Gasteiger charge is 2.42. The Balaban J connectivity index is 1.96. The van der Waals surface area contributed by atoms with Crippen molar-refractivity contribution in [2.45, 2.75) is 70.0 Å². The molecule has 1 N–H and O–H groups in total. The maximum absolute atomic E-state index is 14.8. The second-order valence-corrected chi connectivity index (χ2v) is 5.49. The summed E-state index contributed by atoms with van der Waals surface area (Å²) in [5.74, 6) is 0.307. The molecule has 1 heterocycles. The summed E-state index contributed by atoms with van der Waals surface area (Å²) in [6.45, 7) is 2.85. The number of rotatable bonds is 2. The van der Waals surface area contributed by atoms with Gasteiger partial charge in [-0.15, -0.1) is 0 Å². The van der Waals surface area contributed by atoms with E-state index in [0.29, 0.717) is 5.92 Å². The van der Waals surface area contributed by atoms with Gasteiger partial charge in [0.1, 0.15) is 5.67 Å². The summed E-state index contributed by atoms with van der Waals surface area (Å²) in [7, 11) is 0. The molecule has 1 aliphatic heterocycles. The van der Waals surface area contributed by atoms with E-state index in [4.69, 9.17) is 0 Å². The molecule has 2 aliphatic rings. The van der Waals surface area contributed by atoms with Crippen molar-refractivity contribution in [3.63, 3.8) is 0 Å². The third-order valence-corrected chi connectivity index (χ3v) is 4.40. The molecule has 2 heteroatoms. The Morgan fingerprint density at radius 3 is 2.27 bits per heavy atom. The molecule has 0 spiro atoms. The quantitative estimate of drug-likeness (QED) is 0.741. The summed E-state index contributed by atoms with van der Waals surface area (Å²) in [5, 5.41) is 3.38. The number of nitrogens with one attached hydrogen (secondary N) is 1. The number of hydrogen-bond acceptors (Lipinski definition) is 1. The first-order valence-electron chi connectivity index (χ1n) is 6.63. The zero-order valence-corrected chi connectivity index (χ0v) is 9.90. The lowest BCUT2D eigenvalue weighted by molar-refractivity contribution is 0.0247. The molecule has 1 aliphatic carbocycles. The van der Waals surface area contributed by atoms with Crippen LogP contribution in [0.4, 0.5) is 4.39 Å². The molecule has 0 bridgehead atoms. The molecule has 0 aromatic rings. The van der Waals surface area contributed by atoms with Crippen LogP contribution in [0.5, 0.6) is 0 Å². The third kappa shape index (κ3) is 2.52. The van der Waals surface area contributed by atoms with Gasteiger partial charge in [0.25, 0.3) is 0 Å². The van der Waals surface area contributed by atoms with Crippen molar-refractivity contribution in [2.24, 2.45) is 5.92 Å². The lowest BCUT2D eigenvalue weighted by Crippen LogP contribution is -2.52. The monoisotopic (exact) mass is 213 g/mol.